The normalized spacial score (nSPS) is 11.3. The number of H-pyrrole nitrogens is 1. The van der Waals surface area contributed by atoms with E-state index in [9.17, 15) is 9.90 Å². The number of phenols is 1. The number of unbranched alkanes of at least 4 members (excludes halogenated alkanes) is 1. The summed E-state index contributed by atoms with van der Waals surface area (Å²) in [5.74, 6) is 0.789. The van der Waals surface area contributed by atoms with Gasteiger partial charge in [0, 0.05) is 12.6 Å². The number of benzene rings is 1. The number of rotatable bonds is 4. The van der Waals surface area contributed by atoms with Gasteiger partial charge in [-0.1, -0.05) is 19.4 Å². The summed E-state index contributed by atoms with van der Waals surface area (Å²) in [5, 5.41) is 15.0. The van der Waals surface area contributed by atoms with Crippen molar-refractivity contribution in [3.05, 3.63) is 45.6 Å². The van der Waals surface area contributed by atoms with Gasteiger partial charge in [-0.3, -0.25) is 4.79 Å². The molecule has 0 aliphatic rings. The van der Waals surface area contributed by atoms with Crippen LogP contribution in [0.15, 0.2) is 23.1 Å². The average Bonchev–Trinajstić information content (AvgIpc) is 2.88. The zero-order valence-electron chi connectivity index (χ0n) is 13.6. The lowest BCUT2D eigenvalue weighted by Crippen LogP contribution is -2.10. The van der Waals surface area contributed by atoms with Crippen LogP contribution in [-0.4, -0.2) is 24.9 Å². The Morgan fingerprint density at radius 2 is 2.09 bits per heavy atom. The summed E-state index contributed by atoms with van der Waals surface area (Å²) in [7, 11) is 0. The first-order valence-corrected chi connectivity index (χ1v) is 7.78. The van der Waals surface area contributed by atoms with Gasteiger partial charge in [0.05, 0.1) is 0 Å². The fourth-order valence-corrected chi connectivity index (χ4v) is 2.77. The molecule has 6 nitrogen and oxygen atoms in total. The van der Waals surface area contributed by atoms with Crippen LogP contribution >= 0.6 is 0 Å². The number of aromatic nitrogens is 4. The van der Waals surface area contributed by atoms with E-state index >= 15 is 0 Å². The molecule has 0 fully saturated rings. The summed E-state index contributed by atoms with van der Waals surface area (Å²) in [6.45, 7) is 5.91. The summed E-state index contributed by atoms with van der Waals surface area (Å²) in [5.41, 5.74) is 2.63. The molecular formula is C17H20N4O2. The molecule has 0 atom stereocenters. The van der Waals surface area contributed by atoms with E-state index in [0.29, 0.717) is 22.5 Å². The van der Waals surface area contributed by atoms with Crippen LogP contribution in [0.4, 0.5) is 0 Å². The van der Waals surface area contributed by atoms with Crippen molar-refractivity contribution in [1.82, 2.24) is 19.7 Å². The standard InChI is InChI=1S/C17H20N4O2/c1-4-5-6-14-18-16-12(17(23)19-14)9-21(20-16)15-11(3)7-10(2)8-13(15)22/h7-9,22H,4-6H2,1-3H3,(H,18,19,20,23). The Morgan fingerprint density at radius 1 is 1.30 bits per heavy atom. The van der Waals surface area contributed by atoms with Crippen LogP contribution < -0.4 is 5.56 Å². The van der Waals surface area contributed by atoms with Crippen molar-refractivity contribution in [3.8, 4) is 11.4 Å². The second-order valence-electron chi connectivity index (χ2n) is 5.88. The van der Waals surface area contributed by atoms with E-state index in [1.165, 1.54) is 4.68 Å². The number of nitrogens with zero attached hydrogens (tertiary/aromatic N) is 3. The van der Waals surface area contributed by atoms with Gasteiger partial charge in [-0.05, 0) is 37.5 Å². The summed E-state index contributed by atoms with van der Waals surface area (Å²) < 4.78 is 1.53. The Labute approximate surface area is 133 Å². The molecule has 6 heteroatoms. The number of aromatic hydroxyl groups is 1. The maximum Gasteiger partial charge on any atom is 0.262 e. The highest BCUT2D eigenvalue weighted by Gasteiger charge is 2.14. The zero-order valence-corrected chi connectivity index (χ0v) is 13.6. The van der Waals surface area contributed by atoms with Crippen LogP contribution in [0.3, 0.4) is 0 Å². The monoisotopic (exact) mass is 312 g/mol. The van der Waals surface area contributed by atoms with Crippen LogP contribution in [-0.2, 0) is 6.42 Å². The van der Waals surface area contributed by atoms with Gasteiger partial charge in [0.2, 0.25) is 0 Å². The molecular weight excluding hydrogens is 292 g/mol. The summed E-state index contributed by atoms with van der Waals surface area (Å²) >= 11 is 0. The van der Waals surface area contributed by atoms with Crippen molar-refractivity contribution in [2.75, 3.05) is 0 Å². The van der Waals surface area contributed by atoms with Crippen molar-refractivity contribution < 1.29 is 5.11 Å². The highest BCUT2D eigenvalue weighted by Crippen LogP contribution is 2.27. The van der Waals surface area contributed by atoms with Gasteiger partial charge >= 0.3 is 0 Å². The molecule has 1 aromatic carbocycles. The third-order valence-corrected chi connectivity index (χ3v) is 3.86. The van der Waals surface area contributed by atoms with Gasteiger partial charge in [-0.2, -0.15) is 0 Å². The molecule has 2 heterocycles. The molecule has 2 aromatic heterocycles. The minimum atomic E-state index is -0.198. The van der Waals surface area contributed by atoms with Crippen LogP contribution in [0, 0.1) is 13.8 Å². The lowest BCUT2D eigenvalue weighted by molar-refractivity contribution is 0.469. The highest BCUT2D eigenvalue weighted by molar-refractivity contribution is 5.74. The molecule has 0 saturated heterocycles. The molecule has 3 rings (SSSR count). The number of fused-ring (bicyclic) bond motifs is 1. The third-order valence-electron chi connectivity index (χ3n) is 3.86. The van der Waals surface area contributed by atoms with Crippen LogP contribution in [0.25, 0.3) is 16.7 Å². The second-order valence-corrected chi connectivity index (χ2v) is 5.88. The summed E-state index contributed by atoms with van der Waals surface area (Å²) in [6.07, 6.45) is 4.34. The fraction of sp³-hybridized carbons (Fsp3) is 0.353. The van der Waals surface area contributed by atoms with E-state index < -0.39 is 0 Å². The van der Waals surface area contributed by atoms with E-state index in [2.05, 4.69) is 22.0 Å². The fourth-order valence-electron chi connectivity index (χ4n) is 2.77. The SMILES string of the molecule is CCCCc1nc2nn(-c3c(C)cc(C)cc3O)cc2c(=O)[nH]1. The van der Waals surface area contributed by atoms with Crippen molar-refractivity contribution in [2.45, 2.75) is 40.0 Å². The predicted molar refractivity (Wildman–Crippen MR) is 89.2 cm³/mol. The molecule has 0 bridgehead atoms. The van der Waals surface area contributed by atoms with Gasteiger partial charge in [0.15, 0.2) is 5.65 Å². The smallest absolute Gasteiger partial charge is 0.262 e. The van der Waals surface area contributed by atoms with Crippen molar-refractivity contribution in [1.29, 1.82) is 0 Å². The van der Waals surface area contributed by atoms with Gasteiger partial charge in [0.25, 0.3) is 5.56 Å². The quantitative estimate of drug-likeness (QED) is 0.776. The topological polar surface area (TPSA) is 83.8 Å². The Morgan fingerprint density at radius 3 is 2.78 bits per heavy atom. The number of phenolic OH excluding ortho intramolecular Hbond substituents is 1. The molecule has 0 aliphatic heterocycles. The van der Waals surface area contributed by atoms with E-state index in [4.69, 9.17) is 0 Å². The highest BCUT2D eigenvalue weighted by atomic mass is 16.3. The Balaban J connectivity index is 2.14. The van der Waals surface area contributed by atoms with E-state index in [0.717, 1.165) is 30.4 Å². The minimum absolute atomic E-state index is 0.137. The van der Waals surface area contributed by atoms with E-state index in [1.807, 2.05) is 19.9 Å². The molecule has 23 heavy (non-hydrogen) atoms. The zero-order chi connectivity index (χ0) is 16.6. The van der Waals surface area contributed by atoms with E-state index in [1.54, 1.807) is 12.3 Å². The number of aryl methyl sites for hydroxylation is 3. The minimum Gasteiger partial charge on any atom is -0.506 e. The van der Waals surface area contributed by atoms with Gasteiger partial charge < -0.3 is 10.1 Å². The molecule has 2 N–H and O–H groups in total. The second kappa shape index (κ2) is 5.87. The number of hydrogen-bond acceptors (Lipinski definition) is 4. The summed E-state index contributed by atoms with van der Waals surface area (Å²) in [6, 6.07) is 3.64. The van der Waals surface area contributed by atoms with Gasteiger partial charge in [-0.15, -0.1) is 5.10 Å². The molecule has 3 aromatic rings. The number of hydrogen-bond donors (Lipinski definition) is 2. The molecule has 0 amide bonds. The van der Waals surface area contributed by atoms with Gasteiger partial charge in [-0.25, -0.2) is 9.67 Å². The summed E-state index contributed by atoms with van der Waals surface area (Å²) in [4.78, 5) is 19.5. The van der Waals surface area contributed by atoms with E-state index in [-0.39, 0.29) is 11.3 Å². The van der Waals surface area contributed by atoms with Crippen molar-refractivity contribution in [2.24, 2.45) is 0 Å². The molecule has 0 radical (unpaired) electrons. The molecule has 0 unspecified atom stereocenters. The Bertz CT molecular complexity index is 901. The maximum absolute atomic E-state index is 12.2. The van der Waals surface area contributed by atoms with Crippen LogP contribution in [0.5, 0.6) is 5.75 Å². The average molecular weight is 312 g/mol. The van der Waals surface area contributed by atoms with Crippen LogP contribution in [0.1, 0.15) is 36.7 Å². The first-order valence-electron chi connectivity index (χ1n) is 7.78. The first-order chi connectivity index (χ1) is 11.0. The largest absolute Gasteiger partial charge is 0.506 e. The molecule has 0 spiro atoms. The number of nitrogens with one attached hydrogen (secondary N) is 1. The Kier molecular flexibility index (Phi) is 3.90. The van der Waals surface area contributed by atoms with Gasteiger partial charge in [0.1, 0.15) is 22.6 Å². The van der Waals surface area contributed by atoms with Crippen molar-refractivity contribution in [3.63, 3.8) is 0 Å². The molecule has 0 saturated carbocycles. The van der Waals surface area contributed by atoms with Crippen LogP contribution in [0.2, 0.25) is 0 Å². The Hall–Kier alpha value is -2.63. The lowest BCUT2D eigenvalue weighted by atomic mass is 10.1. The maximum atomic E-state index is 12.2. The lowest BCUT2D eigenvalue weighted by Gasteiger charge is -2.09. The first kappa shape index (κ1) is 15.3. The number of aromatic amines is 1. The molecule has 120 valence electrons. The third kappa shape index (κ3) is 2.84. The molecule has 0 aliphatic carbocycles. The van der Waals surface area contributed by atoms with Crippen molar-refractivity contribution >= 4 is 11.0 Å². The predicted octanol–water partition coefficient (Wildman–Crippen LogP) is 2.77.